The van der Waals surface area contributed by atoms with E-state index < -0.39 is 0 Å². The number of nitrogens with one attached hydrogen (secondary N) is 1. The first-order chi connectivity index (χ1) is 10.7. The lowest BCUT2D eigenvalue weighted by Gasteiger charge is -2.08. The largest absolute Gasteiger partial charge is 0.340 e. The van der Waals surface area contributed by atoms with Gasteiger partial charge in [-0.2, -0.15) is 0 Å². The molecule has 0 aliphatic heterocycles. The number of anilines is 2. The van der Waals surface area contributed by atoms with Crippen molar-refractivity contribution in [3.63, 3.8) is 0 Å². The van der Waals surface area contributed by atoms with Crippen LogP contribution in [0.25, 0.3) is 21.1 Å². The van der Waals surface area contributed by atoms with Gasteiger partial charge < -0.3 is 5.32 Å². The maximum Gasteiger partial charge on any atom is 0.143 e. The molecule has 0 radical (unpaired) electrons. The van der Waals surface area contributed by atoms with Gasteiger partial charge in [0, 0.05) is 5.69 Å². The van der Waals surface area contributed by atoms with Crippen molar-refractivity contribution in [3.05, 3.63) is 53.6 Å². The van der Waals surface area contributed by atoms with Crippen molar-refractivity contribution >= 4 is 44.0 Å². The zero-order valence-electron chi connectivity index (χ0n) is 11.7. The topological polar surface area (TPSA) is 50.7 Å². The third kappa shape index (κ3) is 2.17. The highest BCUT2D eigenvalue weighted by Crippen LogP contribution is 2.33. The molecule has 0 amide bonds. The van der Waals surface area contributed by atoms with Gasteiger partial charge in [0.05, 0.1) is 26.1 Å². The normalized spacial score (nSPS) is 11.2. The Bertz CT molecular complexity index is 979. The minimum absolute atomic E-state index is 0.265. The molecule has 4 aromatic rings. The molecule has 0 spiro atoms. The van der Waals surface area contributed by atoms with Gasteiger partial charge in [-0.1, -0.05) is 0 Å². The van der Waals surface area contributed by atoms with E-state index in [9.17, 15) is 4.39 Å². The Labute approximate surface area is 129 Å². The fraction of sp³-hybridized carbons (Fsp3) is 0.0625. The van der Waals surface area contributed by atoms with E-state index >= 15 is 0 Å². The lowest BCUT2D eigenvalue weighted by molar-refractivity contribution is 0.628. The van der Waals surface area contributed by atoms with E-state index in [1.165, 1.54) is 18.5 Å². The molecule has 2 aromatic heterocycles. The van der Waals surface area contributed by atoms with Crippen LogP contribution in [0.15, 0.2) is 42.7 Å². The average Bonchev–Trinajstić information content (AvgIpc) is 2.90. The molecule has 2 heterocycles. The van der Waals surface area contributed by atoms with Crippen LogP contribution < -0.4 is 5.32 Å². The Kier molecular flexibility index (Phi) is 2.97. The number of aryl methyl sites for hydroxylation is 1. The zero-order valence-corrected chi connectivity index (χ0v) is 12.5. The summed E-state index contributed by atoms with van der Waals surface area (Å²) >= 11 is 1.62. The van der Waals surface area contributed by atoms with E-state index in [-0.39, 0.29) is 5.82 Å². The van der Waals surface area contributed by atoms with E-state index in [0.29, 0.717) is 5.82 Å². The maximum absolute atomic E-state index is 13.0. The Balaban J connectivity index is 1.92. The van der Waals surface area contributed by atoms with Crippen LogP contribution in [0.3, 0.4) is 0 Å². The first-order valence-corrected chi connectivity index (χ1v) is 7.56. The van der Waals surface area contributed by atoms with E-state index in [2.05, 4.69) is 20.3 Å². The second kappa shape index (κ2) is 4.99. The highest BCUT2D eigenvalue weighted by Gasteiger charge is 2.11. The second-order valence-corrected chi connectivity index (χ2v) is 6.10. The number of rotatable bonds is 2. The molecule has 0 saturated carbocycles. The van der Waals surface area contributed by atoms with Crippen LogP contribution in [0, 0.1) is 12.7 Å². The Morgan fingerprint density at radius 2 is 1.77 bits per heavy atom. The minimum Gasteiger partial charge on any atom is -0.340 e. The standard InChI is InChI=1S/C16H11FN4S/c1-9-20-13-7-6-12-14(15(13)22-9)16(19-8-18-12)21-11-4-2-10(17)3-5-11/h2-8H,1H3,(H,18,19,21). The monoisotopic (exact) mass is 310 g/mol. The van der Waals surface area contributed by atoms with Crippen LogP contribution in [0.4, 0.5) is 15.9 Å². The molecule has 0 fully saturated rings. The van der Waals surface area contributed by atoms with E-state index in [1.54, 1.807) is 23.5 Å². The molecule has 1 N–H and O–H groups in total. The van der Waals surface area contributed by atoms with Crippen LogP contribution >= 0.6 is 11.3 Å². The molecule has 0 aliphatic rings. The lowest BCUT2D eigenvalue weighted by Crippen LogP contribution is -1.96. The third-order valence-corrected chi connectivity index (χ3v) is 4.37. The number of hydrogen-bond acceptors (Lipinski definition) is 5. The fourth-order valence-corrected chi connectivity index (χ4v) is 3.37. The summed E-state index contributed by atoms with van der Waals surface area (Å²) in [6.07, 6.45) is 1.52. The molecule has 0 bridgehead atoms. The number of nitrogens with zero attached hydrogens (tertiary/aromatic N) is 3. The van der Waals surface area contributed by atoms with Crippen molar-refractivity contribution in [1.82, 2.24) is 15.0 Å². The molecule has 22 heavy (non-hydrogen) atoms. The van der Waals surface area contributed by atoms with Gasteiger partial charge in [-0.05, 0) is 43.3 Å². The predicted octanol–water partition coefficient (Wildman–Crippen LogP) is 4.43. The summed E-state index contributed by atoms with van der Waals surface area (Å²) < 4.78 is 14.1. The highest BCUT2D eigenvalue weighted by molar-refractivity contribution is 7.19. The summed E-state index contributed by atoms with van der Waals surface area (Å²) in [5.74, 6) is 0.435. The number of thiazole rings is 1. The minimum atomic E-state index is -0.265. The van der Waals surface area contributed by atoms with Crippen LogP contribution in [-0.4, -0.2) is 15.0 Å². The summed E-state index contributed by atoms with van der Waals surface area (Å²) in [6, 6.07) is 10.1. The molecular formula is C16H11FN4S. The van der Waals surface area contributed by atoms with Gasteiger partial charge in [-0.3, -0.25) is 0 Å². The van der Waals surface area contributed by atoms with E-state index in [4.69, 9.17) is 0 Å². The smallest absolute Gasteiger partial charge is 0.143 e. The molecule has 108 valence electrons. The van der Waals surface area contributed by atoms with Crippen molar-refractivity contribution in [2.24, 2.45) is 0 Å². The Morgan fingerprint density at radius 1 is 1.00 bits per heavy atom. The number of halogens is 1. The number of hydrogen-bond donors (Lipinski definition) is 1. The molecular weight excluding hydrogens is 299 g/mol. The number of benzene rings is 2. The second-order valence-electron chi connectivity index (χ2n) is 4.89. The van der Waals surface area contributed by atoms with Crippen molar-refractivity contribution in [1.29, 1.82) is 0 Å². The molecule has 0 aliphatic carbocycles. The third-order valence-electron chi connectivity index (χ3n) is 3.37. The van der Waals surface area contributed by atoms with E-state index in [0.717, 1.165) is 31.8 Å². The SMILES string of the molecule is Cc1nc2ccc3ncnc(Nc4ccc(F)cc4)c3c2s1. The molecule has 4 rings (SSSR count). The van der Waals surface area contributed by atoms with Gasteiger partial charge >= 0.3 is 0 Å². The summed E-state index contributed by atoms with van der Waals surface area (Å²) in [5.41, 5.74) is 2.57. The summed E-state index contributed by atoms with van der Waals surface area (Å²) in [5, 5.41) is 5.18. The van der Waals surface area contributed by atoms with Crippen LogP contribution in [0.2, 0.25) is 0 Å². The molecule has 2 aromatic carbocycles. The highest BCUT2D eigenvalue weighted by atomic mass is 32.1. The van der Waals surface area contributed by atoms with Gasteiger partial charge in [-0.15, -0.1) is 11.3 Å². The first-order valence-electron chi connectivity index (χ1n) is 6.74. The Morgan fingerprint density at radius 3 is 2.59 bits per heavy atom. The van der Waals surface area contributed by atoms with Crippen molar-refractivity contribution in [2.45, 2.75) is 6.92 Å². The average molecular weight is 310 g/mol. The summed E-state index contributed by atoms with van der Waals surface area (Å²) in [4.78, 5) is 13.2. The van der Waals surface area contributed by atoms with Crippen LogP contribution in [0.5, 0.6) is 0 Å². The quantitative estimate of drug-likeness (QED) is 0.595. The lowest BCUT2D eigenvalue weighted by atomic mass is 10.2. The first kappa shape index (κ1) is 13.1. The predicted molar refractivity (Wildman–Crippen MR) is 87.1 cm³/mol. The van der Waals surface area contributed by atoms with Crippen molar-refractivity contribution in [3.8, 4) is 0 Å². The number of aromatic nitrogens is 3. The molecule has 0 unspecified atom stereocenters. The van der Waals surface area contributed by atoms with E-state index in [1.807, 2.05) is 19.1 Å². The van der Waals surface area contributed by atoms with Gasteiger partial charge in [0.15, 0.2) is 0 Å². The number of fused-ring (bicyclic) bond motifs is 3. The summed E-state index contributed by atoms with van der Waals surface area (Å²) in [6.45, 7) is 1.98. The fourth-order valence-electron chi connectivity index (χ4n) is 2.41. The van der Waals surface area contributed by atoms with Crippen LogP contribution in [-0.2, 0) is 0 Å². The molecule has 4 nitrogen and oxygen atoms in total. The van der Waals surface area contributed by atoms with Crippen LogP contribution in [0.1, 0.15) is 5.01 Å². The Hall–Kier alpha value is -2.60. The van der Waals surface area contributed by atoms with Crippen molar-refractivity contribution < 1.29 is 4.39 Å². The van der Waals surface area contributed by atoms with Crippen molar-refractivity contribution in [2.75, 3.05) is 5.32 Å². The van der Waals surface area contributed by atoms with Gasteiger partial charge in [-0.25, -0.2) is 19.3 Å². The van der Waals surface area contributed by atoms with Gasteiger partial charge in [0.25, 0.3) is 0 Å². The van der Waals surface area contributed by atoms with Gasteiger partial charge in [0.1, 0.15) is 18.0 Å². The summed E-state index contributed by atoms with van der Waals surface area (Å²) in [7, 11) is 0. The maximum atomic E-state index is 13.0. The zero-order chi connectivity index (χ0) is 15.1. The molecule has 0 saturated heterocycles. The molecule has 0 atom stereocenters. The van der Waals surface area contributed by atoms with Gasteiger partial charge in [0.2, 0.25) is 0 Å². The molecule has 6 heteroatoms.